The van der Waals surface area contributed by atoms with Crippen molar-refractivity contribution in [3.63, 3.8) is 0 Å². The molecular formula is C50H70O9Si. The number of ether oxygens (including phenoxy) is 5. The van der Waals surface area contributed by atoms with Gasteiger partial charge < -0.3 is 32.5 Å². The molecule has 0 fully saturated rings. The first-order chi connectivity index (χ1) is 29.3. The van der Waals surface area contributed by atoms with Crippen LogP contribution >= 0.6 is 0 Å². The molecule has 0 aliphatic heterocycles. The maximum absolute atomic E-state index is 13.6. The normalized spacial score (nSPS) is 11.4. The van der Waals surface area contributed by atoms with Gasteiger partial charge in [0.2, 0.25) is 0 Å². The minimum atomic E-state index is -1.97. The highest BCUT2D eigenvalue weighted by Gasteiger charge is 2.27. The summed E-state index contributed by atoms with van der Waals surface area (Å²) in [6.07, 6.45) is 19.1. The number of fused-ring (bicyclic) bond motifs is 1. The Morgan fingerprint density at radius 3 is 1.42 bits per heavy atom. The molecule has 0 saturated heterocycles. The number of benzene rings is 4. The number of hydrogen-bond donors (Lipinski definition) is 0. The molecule has 0 heterocycles. The first kappa shape index (κ1) is 48.3. The summed E-state index contributed by atoms with van der Waals surface area (Å²) in [6.45, 7) is 8.19. The zero-order valence-corrected chi connectivity index (χ0v) is 38.0. The Morgan fingerprint density at radius 1 is 0.483 bits per heavy atom. The molecule has 0 radical (unpaired) electrons. The van der Waals surface area contributed by atoms with Crippen LogP contribution in [0.2, 0.25) is 12.6 Å². The van der Waals surface area contributed by atoms with Crippen LogP contribution in [0.5, 0.6) is 28.7 Å². The Labute approximate surface area is 360 Å². The highest BCUT2D eigenvalue weighted by molar-refractivity contribution is 6.65. The predicted molar refractivity (Wildman–Crippen MR) is 244 cm³/mol. The smallest absolute Gasteiger partial charge is 0.343 e. The fourth-order valence-corrected chi connectivity index (χ4v) is 8.43. The lowest BCUT2D eigenvalue weighted by Gasteiger charge is -2.22. The van der Waals surface area contributed by atoms with E-state index in [-0.39, 0.29) is 5.75 Å². The average Bonchev–Trinajstić information content (AvgIpc) is 3.27. The molecule has 0 atom stereocenters. The summed E-state index contributed by atoms with van der Waals surface area (Å²) >= 11 is 0. The van der Waals surface area contributed by atoms with Crippen molar-refractivity contribution in [2.45, 2.75) is 136 Å². The molecule has 0 aliphatic carbocycles. The molecule has 4 rings (SSSR count). The van der Waals surface area contributed by atoms with Crippen LogP contribution in [0.25, 0.3) is 10.8 Å². The van der Waals surface area contributed by atoms with Crippen LogP contribution in [0.15, 0.2) is 78.9 Å². The predicted octanol–water partition coefficient (Wildman–Crippen LogP) is 13.5. The second-order valence-electron chi connectivity index (χ2n) is 15.7. The Kier molecular flexibility index (Phi) is 22.1. The number of esters is 2. The molecule has 0 aliphatic rings. The fraction of sp³-hybridized carbons (Fsp3) is 0.520. The SMILES string of the molecule is CCCCCCOc1ccc(C(=O)Oc2cc(OCCCCCCCCCCC[Si](C)(OC)OC)c(OC(=O)c3ccc(OCCCCCC)cc3)c3ccccc23)cc1. The van der Waals surface area contributed by atoms with Crippen molar-refractivity contribution in [3.05, 3.63) is 90.0 Å². The largest absolute Gasteiger partial charge is 0.494 e. The summed E-state index contributed by atoms with van der Waals surface area (Å²) in [4.78, 5) is 27.2. The quantitative estimate of drug-likeness (QED) is 0.0212. The van der Waals surface area contributed by atoms with Crippen LogP contribution in [0.3, 0.4) is 0 Å². The van der Waals surface area contributed by atoms with Crippen molar-refractivity contribution in [1.82, 2.24) is 0 Å². The Bertz CT molecular complexity index is 1820. The summed E-state index contributed by atoms with van der Waals surface area (Å²) in [5, 5.41) is 1.22. The van der Waals surface area contributed by atoms with Gasteiger partial charge in [0.1, 0.15) is 17.2 Å². The van der Waals surface area contributed by atoms with E-state index in [4.69, 9.17) is 32.5 Å². The lowest BCUT2D eigenvalue weighted by molar-refractivity contribution is 0.0717. The Morgan fingerprint density at radius 2 is 0.917 bits per heavy atom. The van der Waals surface area contributed by atoms with Crippen molar-refractivity contribution in [2.75, 3.05) is 34.0 Å². The van der Waals surface area contributed by atoms with Gasteiger partial charge in [-0.25, -0.2) is 9.59 Å². The highest BCUT2D eigenvalue weighted by Crippen LogP contribution is 2.42. The molecule has 328 valence electrons. The lowest BCUT2D eigenvalue weighted by Crippen LogP contribution is -2.35. The van der Waals surface area contributed by atoms with Gasteiger partial charge in [-0.15, -0.1) is 0 Å². The van der Waals surface area contributed by atoms with Gasteiger partial charge in [-0.05, 0) is 80.4 Å². The maximum atomic E-state index is 13.6. The molecule has 0 amide bonds. The van der Waals surface area contributed by atoms with E-state index in [1.807, 2.05) is 24.3 Å². The van der Waals surface area contributed by atoms with E-state index >= 15 is 0 Å². The van der Waals surface area contributed by atoms with Crippen LogP contribution in [-0.4, -0.2) is 54.5 Å². The third-order valence-electron chi connectivity index (χ3n) is 10.9. The van der Waals surface area contributed by atoms with Crippen LogP contribution in [0, 0.1) is 0 Å². The van der Waals surface area contributed by atoms with Crippen LogP contribution in [0.1, 0.15) is 144 Å². The van der Waals surface area contributed by atoms with Gasteiger partial charge >= 0.3 is 20.5 Å². The number of rotatable bonds is 31. The minimum Gasteiger partial charge on any atom is -0.494 e. The topological polar surface area (TPSA) is 98.8 Å². The molecule has 9 nitrogen and oxygen atoms in total. The summed E-state index contributed by atoms with van der Waals surface area (Å²) in [7, 11) is 1.55. The second kappa shape index (κ2) is 27.5. The molecular weight excluding hydrogens is 773 g/mol. The standard InChI is InChI=1S/C50H70O9Si/c1-6-8-10-21-35-55-42-31-27-40(28-32-42)49(51)58-46-39-47(57-37-23-17-15-13-12-14-16-18-24-38-60(5,53-3)54-4)48(45-26-20-19-25-44(45)46)59-50(52)41-29-33-43(34-30-41)56-36-22-11-9-7-2/h19-20,25-34,39H,6-18,21-24,35-38H2,1-5H3. The molecule has 0 aromatic heterocycles. The van der Waals surface area contributed by atoms with Gasteiger partial charge in [-0.3, -0.25) is 0 Å². The number of unbranched alkanes of at least 4 members (excludes halogenated alkanes) is 14. The molecule has 4 aromatic carbocycles. The summed E-state index contributed by atoms with van der Waals surface area (Å²) in [5.41, 5.74) is 0.781. The van der Waals surface area contributed by atoms with Gasteiger partial charge in [-0.1, -0.05) is 128 Å². The van der Waals surface area contributed by atoms with E-state index in [2.05, 4.69) is 20.4 Å². The van der Waals surface area contributed by atoms with Crippen LogP contribution in [-0.2, 0) is 8.85 Å². The van der Waals surface area contributed by atoms with E-state index in [9.17, 15) is 9.59 Å². The van der Waals surface area contributed by atoms with Gasteiger partial charge in [0.15, 0.2) is 11.5 Å². The van der Waals surface area contributed by atoms with Crippen LogP contribution < -0.4 is 23.7 Å². The van der Waals surface area contributed by atoms with Crippen molar-refractivity contribution in [1.29, 1.82) is 0 Å². The molecule has 10 heteroatoms. The van der Waals surface area contributed by atoms with Crippen LogP contribution in [0.4, 0.5) is 0 Å². The van der Waals surface area contributed by atoms with E-state index in [1.54, 1.807) is 68.8 Å². The number of carbonyl (C=O) groups excluding carboxylic acids is 2. The van der Waals surface area contributed by atoms with Crippen molar-refractivity contribution in [2.24, 2.45) is 0 Å². The third kappa shape index (κ3) is 16.6. The van der Waals surface area contributed by atoms with Crippen molar-refractivity contribution >= 4 is 31.3 Å². The summed E-state index contributed by atoms with van der Waals surface area (Å²) in [6, 6.07) is 24.1. The Hall–Kier alpha value is -4.38. The molecule has 0 spiro atoms. The van der Waals surface area contributed by atoms with Gasteiger partial charge in [0.05, 0.1) is 30.9 Å². The van der Waals surface area contributed by atoms with E-state index < -0.39 is 20.5 Å². The summed E-state index contributed by atoms with van der Waals surface area (Å²) in [5.74, 6) is 1.33. The summed E-state index contributed by atoms with van der Waals surface area (Å²) < 4.78 is 41.5. The first-order valence-corrected chi connectivity index (χ1v) is 25.0. The molecule has 0 N–H and O–H groups in total. The molecule has 4 aromatic rings. The minimum absolute atomic E-state index is 0.283. The number of hydrogen-bond acceptors (Lipinski definition) is 9. The number of carbonyl (C=O) groups is 2. The van der Waals surface area contributed by atoms with Crippen molar-refractivity contribution in [3.8, 4) is 28.7 Å². The zero-order chi connectivity index (χ0) is 42.8. The first-order valence-electron chi connectivity index (χ1n) is 22.5. The maximum Gasteiger partial charge on any atom is 0.343 e. The van der Waals surface area contributed by atoms with Crippen molar-refractivity contribution < 1.29 is 42.1 Å². The zero-order valence-electron chi connectivity index (χ0n) is 37.0. The molecule has 0 unspecified atom stereocenters. The van der Waals surface area contributed by atoms with E-state index in [0.29, 0.717) is 64.7 Å². The molecule has 60 heavy (non-hydrogen) atoms. The fourth-order valence-electron chi connectivity index (χ4n) is 6.97. The monoisotopic (exact) mass is 842 g/mol. The third-order valence-corrected chi connectivity index (χ3v) is 13.9. The van der Waals surface area contributed by atoms with Gasteiger partial charge in [0, 0.05) is 31.1 Å². The average molecular weight is 843 g/mol. The van der Waals surface area contributed by atoms with Gasteiger partial charge in [-0.2, -0.15) is 0 Å². The second-order valence-corrected chi connectivity index (χ2v) is 19.3. The Balaban J connectivity index is 1.41. The molecule has 0 saturated carbocycles. The molecule has 0 bridgehead atoms. The highest BCUT2D eigenvalue weighted by atomic mass is 28.4. The van der Waals surface area contributed by atoms with E-state index in [0.717, 1.165) is 57.4 Å². The lowest BCUT2D eigenvalue weighted by atomic mass is 10.1. The van der Waals surface area contributed by atoms with Gasteiger partial charge in [0.25, 0.3) is 0 Å². The van der Waals surface area contributed by atoms with E-state index in [1.165, 1.54) is 57.8 Å².